The number of hydrogen-bond donors (Lipinski definition) is 0. The van der Waals surface area contributed by atoms with E-state index in [4.69, 9.17) is 14.2 Å². The van der Waals surface area contributed by atoms with Gasteiger partial charge in [-0.2, -0.15) is 0 Å². The van der Waals surface area contributed by atoms with Crippen molar-refractivity contribution in [2.75, 3.05) is 20.8 Å². The lowest BCUT2D eigenvalue weighted by Gasteiger charge is -2.27. The minimum atomic E-state index is -1.66. The highest BCUT2D eigenvalue weighted by atomic mass is 16.9. The third-order valence-electron chi connectivity index (χ3n) is 3.17. The van der Waals surface area contributed by atoms with Gasteiger partial charge in [-0.15, -0.1) is 0 Å². The van der Waals surface area contributed by atoms with Gasteiger partial charge >= 0.3 is 17.9 Å². The predicted molar refractivity (Wildman–Crippen MR) is 73.5 cm³/mol. The summed E-state index contributed by atoms with van der Waals surface area (Å²) in [5, 5.41) is 0. The van der Waals surface area contributed by atoms with Gasteiger partial charge in [-0.3, -0.25) is 0 Å². The summed E-state index contributed by atoms with van der Waals surface area (Å²) in [7, 11) is 2.40. The van der Waals surface area contributed by atoms with Gasteiger partial charge in [-0.05, 0) is 6.92 Å². The molecule has 1 heterocycles. The van der Waals surface area contributed by atoms with Gasteiger partial charge in [-0.25, -0.2) is 9.59 Å². The Balaban J connectivity index is 2.40. The highest BCUT2D eigenvalue weighted by molar-refractivity contribution is 5.86. The minimum absolute atomic E-state index is 0.247. The van der Waals surface area contributed by atoms with Crippen LogP contribution in [0.5, 0.6) is 0 Å². The average molecular weight is 310 g/mol. The highest BCUT2D eigenvalue weighted by Gasteiger charge is 2.56. The van der Waals surface area contributed by atoms with E-state index in [9.17, 15) is 9.59 Å². The number of rotatable bonds is 5. The minimum Gasteiger partial charge on any atom is -0.467 e. The van der Waals surface area contributed by atoms with Gasteiger partial charge in [0.2, 0.25) is 0 Å². The van der Waals surface area contributed by atoms with Crippen LogP contribution in [0.2, 0.25) is 0 Å². The first-order valence-corrected chi connectivity index (χ1v) is 6.78. The van der Waals surface area contributed by atoms with Crippen LogP contribution in [0.3, 0.4) is 0 Å². The molecule has 0 radical (unpaired) electrons. The number of hydrogen-bond acceptors (Lipinski definition) is 7. The van der Waals surface area contributed by atoms with Crippen molar-refractivity contribution in [3.63, 3.8) is 0 Å². The molecule has 2 atom stereocenters. The normalized spacial score (nSPS) is 23.0. The van der Waals surface area contributed by atoms with Crippen LogP contribution in [0.25, 0.3) is 0 Å². The summed E-state index contributed by atoms with van der Waals surface area (Å²) in [5.74, 6) is -3.14. The summed E-state index contributed by atoms with van der Waals surface area (Å²) in [6.07, 6.45) is -2.55. The van der Waals surface area contributed by atoms with E-state index in [1.54, 1.807) is 31.2 Å². The van der Waals surface area contributed by atoms with Gasteiger partial charge in [0.25, 0.3) is 0 Å². The van der Waals surface area contributed by atoms with E-state index in [1.807, 2.05) is 6.07 Å². The maximum atomic E-state index is 11.9. The zero-order valence-electron chi connectivity index (χ0n) is 12.6. The van der Waals surface area contributed by atoms with Crippen LogP contribution in [0.4, 0.5) is 0 Å². The Hall–Kier alpha value is -1.96. The molecule has 0 spiro atoms. The summed E-state index contributed by atoms with van der Waals surface area (Å²) in [6, 6.07) is 8.77. The molecule has 0 amide bonds. The fourth-order valence-electron chi connectivity index (χ4n) is 2.18. The molecule has 1 aliphatic heterocycles. The third-order valence-corrected chi connectivity index (χ3v) is 3.17. The molecule has 1 saturated heterocycles. The second kappa shape index (κ2) is 6.87. The molecule has 1 aromatic rings. The summed E-state index contributed by atoms with van der Waals surface area (Å²) in [5.41, 5.74) is 0.525. The highest BCUT2D eigenvalue weighted by Crippen LogP contribution is 2.39. The molecule has 0 saturated carbocycles. The van der Waals surface area contributed by atoms with Crippen molar-refractivity contribution in [3.8, 4) is 0 Å². The van der Waals surface area contributed by atoms with E-state index in [0.29, 0.717) is 5.56 Å². The number of esters is 2. The van der Waals surface area contributed by atoms with E-state index in [0.717, 1.165) is 0 Å². The first-order valence-electron chi connectivity index (χ1n) is 6.78. The van der Waals surface area contributed by atoms with Gasteiger partial charge in [0, 0.05) is 12.2 Å². The molecule has 7 nitrogen and oxygen atoms in total. The van der Waals surface area contributed by atoms with Crippen LogP contribution in [0.1, 0.15) is 12.5 Å². The lowest BCUT2D eigenvalue weighted by Crippen LogP contribution is -2.38. The summed E-state index contributed by atoms with van der Waals surface area (Å²) in [4.78, 5) is 23.8. The molecule has 0 aromatic heterocycles. The quantitative estimate of drug-likeness (QED) is 0.749. The lowest BCUT2D eigenvalue weighted by atomic mass is 10.2. The SMILES string of the molecule is CCOC1(c2ccccc2)O[C@@H](C(=O)OC)[C@H](C(=O)OC)O1. The molecule has 0 aliphatic carbocycles. The van der Waals surface area contributed by atoms with Gasteiger partial charge in [0.05, 0.1) is 14.2 Å². The van der Waals surface area contributed by atoms with Gasteiger partial charge in [0.15, 0.2) is 12.2 Å². The van der Waals surface area contributed by atoms with Crippen LogP contribution in [-0.2, 0) is 39.2 Å². The topological polar surface area (TPSA) is 80.3 Å². The molecule has 2 rings (SSSR count). The Kier molecular flexibility index (Phi) is 5.12. The fraction of sp³-hybridized carbons (Fsp3) is 0.467. The van der Waals surface area contributed by atoms with Crippen LogP contribution in [-0.4, -0.2) is 45.0 Å². The Morgan fingerprint density at radius 3 is 1.95 bits per heavy atom. The Bertz CT molecular complexity index is 504. The Morgan fingerprint density at radius 1 is 1.05 bits per heavy atom. The summed E-state index contributed by atoms with van der Waals surface area (Å²) < 4.78 is 26.2. The first-order chi connectivity index (χ1) is 10.6. The average Bonchev–Trinajstić information content (AvgIpc) is 2.95. The summed E-state index contributed by atoms with van der Waals surface area (Å²) >= 11 is 0. The molecule has 120 valence electrons. The molecule has 0 unspecified atom stereocenters. The smallest absolute Gasteiger partial charge is 0.338 e. The zero-order chi connectivity index (χ0) is 16.2. The van der Waals surface area contributed by atoms with E-state index < -0.39 is 30.1 Å². The standard InChI is InChI=1S/C15H18O7/c1-4-20-15(10-8-6-5-7-9-10)21-11(13(16)18-2)12(22-15)14(17)19-3/h5-9,11-12H,4H2,1-3H3/t11-,12-/m1/s1. The monoisotopic (exact) mass is 310 g/mol. The fourth-order valence-corrected chi connectivity index (χ4v) is 2.18. The van der Waals surface area contributed by atoms with E-state index >= 15 is 0 Å². The lowest BCUT2D eigenvalue weighted by molar-refractivity contribution is -0.350. The maximum Gasteiger partial charge on any atom is 0.338 e. The van der Waals surface area contributed by atoms with Crippen LogP contribution in [0.15, 0.2) is 30.3 Å². The van der Waals surface area contributed by atoms with Crippen molar-refractivity contribution < 1.29 is 33.3 Å². The van der Waals surface area contributed by atoms with Crippen LogP contribution in [0, 0.1) is 0 Å². The zero-order valence-corrected chi connectivity index (χ0v) is 12.6. The predicted octanol–water partition coefficient (Wildman–Crippen LogP) is 0.963. The van der Waals surface area contributed by atoms with Crippen molar-refractivity contribution in [2.45, 2.75) is 25.1 Å². The number of benzene rings is 1. The van der Waals surface area contributed by atoms with Crippen molar-refractivity contribution in [3.05, 3.63) is 35.9 Å². The van der Waals surface area contributed by atoms with Gasteiger partial charge < -0.3 is 23.7 Å². The molecule has 22 heavy (non-hydrogen) atoms. The van der Waals surface area contributed by atoms with E-state index in [2.05, 4.69) is 9.47 Å². The van der Waals surface area contributed by atoms with Gasteiger partial charge in [0.1, 0.15) is 0 Å². The number of ether oxygens (including phenoxy) is 5. The molecular weight excluding hydrogens is 292 g/mol. The van der Waals surface area contributed by atoms with Crippen molar-refractivity contribution in [2.24, 2.45) is 0 Å². The first kappa shape index (κ1) is 16.4. The van der Waals surface area contributed by atoms with Crippen LogP contribution >= 0.6 is 0 Å². The largest absolute Gasteiger partial charge is 0.467 e. The van der Waals surface area contributed by atoms with Crippen LogP contribution < -0.4 is 0 Å². The molecular formula is C15H18O7. The third kappa shape index (κ3) is 2.96. The number of methoxy groups -OCH3 is 2. The second-order valence-corrected chi connectivity index (χ2v) is 4.48. The Labute approximate surface area is 128 Å². The molecule has 1 fully saturated rings. The van der Waals surface area contributed by atoms with Crippen molar-refractivity contribution in [1.29, 1.82) is 0 Å². The summed E-state index contributed by atoms with van der Waals surface area (Å²) in [6.45, 7) is 1.99. The molecule has 1 aromatic carbocycles. The Morgan fingerprint density at radius 2 is 1.55 bits per heavy atom. The second-order valence-electron chi connectivity index (χ2n) is 4.48. The maximum absolute atomic E-state index is 11.9. The van der Waals surface area contributed by atoms with Gasteiger partial charge in [-0.1, -0.05) is 30.3 Å². The molecule has 1 aliphatic rings. The van der Waals surface area contributed by atoms with Crippen molar-refractivity contribution in [1.82, 2.24) is 0 Å². The molecule has 7 heteroatoms. The van der Waals surface area contributed by atoms with E-state index in [1.165, 1.54) is 14.2 Å². The number of carbonyl (C=O) groups excluding carboxylic acids is 2. The van der Waals surface area contributed by atoms with Crippen molar-refractivity contribution >= 4 is 11.9 Å². The molecule has 0 bridgehead atoms. The van der Waals surface area contributed by atoms with E-state index in [-0.39, 0.29) is 6.61 Å². The molecule has 0 N–H and O–H groups in total. The number of carbonyl (C=O) groups is 2.